The van der Waals surface area contributed by atoms with Crippen LogP contribution in [0.4, 0.5) is 4.79 Å². The number of nitrogens with zero attached hydrogens (tertiary/aromatic N) is 1. The molecule has 118 valence electrons. The predicted molar refractivity (Wildman–Crippen MR) is 74.5 cm³/mol. The first-order chi connectivity index (χ1) is 9.69. The summed E-state index contributed by atoms with van der Waals surface area (Å²) in [5.74, 6) is -1.14. The molecule has 0 aliphatic rings. The van der Waals surface area contributed by atoms with Gasteiger partial charge in [-0.2, -0.15) is 13.1 Å². The van der Waals surface area contributed by atoms with E-state index >= 15 is 0 Å². The number of aromatic nitrogens is 1. The van der Waals surface area contributed by atoms with Crippen LogP contribution in [0.15, 0.2) is 5.38 Å². The second-order valence-electron chi connectivity index (χ2n) is 4.14. The summed E-state index contributed by atoms with van der Waals surface area (Å²) < 4.78 is 31.4. The van der Waals surface area contributed by atoms with Gasteiger partial charge in [0.2, 0.25) is 0 Å². The molecule has 0 aliphatic heterocycles. The molecule has 21 heavy (non-hydrogen) atoms. The molecule has 0 aromatic carbocycles. The summed E-state index contributed by atoms with van der Waals surface area (Å²) in [5, 5.41) is 10.5. The van der Waals surface area contributed by atoms with E-state index in [1.54, 1.807) is 18.6 Å². The minimum atomic E-state index is -4.02. The number of amides is 1. The van der Waals surface area contributed by atoms with Crippen molar-refractivity contribution in [2.24, 2.45) is 0 Å². The quantitative estimate of drug-likeness (QED) is 0.653. The van der Waals surface area contributed by atoms with E-state index in [4.69, 9.17) is 5.11 Å². The van der Waals surface area contributed by atoms with Crippen LogP contribution in [0.3, 0.4) is 0 Å². The van der Waals surface area contributed by atoms with Crippen LogP contribution in [0.5, 0.6) is 0 Å². The van der Waals surface area contributed by atoms with Crippen LogP contribution >= 0.6 is 11.3 Å². The third-order valence-corrected chi connectivity index (χ3v) is 3.89. The monoisotopic (exact) mass is 337 g/mol. The maximum absolute atomic E-state index is 11.5. The van der Waals surface area contributed by atoms with Gasteiger partial charge in [0.05, 0.1) is 11.1 Å². The summed E-state index contributed by atoms with van der Waals surface area (Å²) in [4.78, 5) is 25.6. The third-order valence-electron chi connectivity index (χ3n) is 1.96. The SMILES string of the molecule is CC(C)OC(=O)NS(=O)(=O)NCCc1nc(C(=O)O)cs1. The Balaban J connectivity index is 2.42. The molecule has 1 heterocycles. The van der Waals surface area contributed by atoms with Crippen LogP contribution in [0, 0.1) is 0 Å². The standard InChI is InChI=1S/C10H15N3O6S2/c1-6(2)19-10(16)13-21(17,18)11-4-3-8-12-7(5-20-8)9(14)15/h5-6,11H,3-4H2,1-2H3,(H,13,16)(H,14,15). The van der Waals surface area contributed by atoms with E-state index < -0.39 is 28.4 Å². The zero-order valence-corrected chi connectivity index (χ0v) is 13.0. The Labute approximate surface area is 125 Å². The molecular formula is C10H15N3O6S2. The van der Waals surface area contributed by atoms with Crippen LogP contribution in [0.25, 0.3) is 0 Å². The fraction of sp³-hybridized carbons (Fsp3) is 0.500. The molecule has 1 aromatic heterocycles. The van der Waals surface area contributed by atoms with E-state index in [9.17, 15) is 18.0 Å². The van der Waals surface area contributed by atoms with Crippen molar-refractivity contribution in [3.8, 4) is 0 Å². The van der Waals surface area contributed by atoms with Crippen molar-refractivity contribution in [1.29, 1.82) is 0 Å². The molecule has 0 saturated carbocycles. The highest BCUT2D eigenvalue weighted by molar-refractivity contribution is 7.88. The van der Waals surface area contributed by atoms with Crippen molar-refractivity contribution in [2.75, 3.05) is 6.54 Å². The lowest BCUT2D eigenvalue weighted by molar-refractivity contribution is 0.0691. The number of carboxylic acids is 1. The molecule has 3 N–H and O–H groups in total. The molecule has 0 bridgehead atoms. The minimum Gasteiger partial charge on any atom is -0.476 e. The van der Waals surface area contributed by atoms with Crippen LogP contribution in [-0.2, 0) is 21.4 Å². The van der Waals surface area contributed by atoms with E-state index in [-0.39, 0.29) is 18.7 Å². The first-order valence-electron chi connectivity index (χ1n) is 5.85. The van der Waals surface area contributed by atoms with Crippen molar-refractivity contribution in [3.05, 3.63) is 16.1 Å². The Morgan fingerprint density at radius 3 is 2.67 bits per heavy atom. The number of aromatic carboxylic acids is 1. The lowest BCUT2D eigenvalue weighted by Crippen LogP contribution is -2.41. The van der Waals surface area contributed by atoms with Gasteiger partial charge in [0.25, 0.3) is 0 Å². The van der Waals surface area contributed by atoms with Crippen LogP contribution in [-0.4, -0.2) is 43.2 Å². The summed E-state index contributed by atoms with van der Waals surface area (Å²) in [6, 6.07) is 0. The molecule has 1 rings (SSSR count). The number of hydrogen-bond acceptors (Lipinski definition) is 7. The largest absolute Gasteiger partial charge is 0.476 e. The number of rotatable bonds is 7. The molecule has 0 saturated heterocycles. The Morgan fingerprint density at radius 1 is 1.48 bits per heavy atom. The van der Waals surface area contributed by atoms with E-state index in [0.717, 1.165) is 11.3 Å². The van der Waals surface area contributed by atoms with Gasteiger partial charge in [-0.25, -0.2) is 19.3 Å². The molecule has 0 unspecified atom stereocenters. The molecule has 0 fully saturated rings. The minimum absolute atomic E-state index is 0.0309. The molecule has 0 atom stereocenters. The highest BCUT2D eigenvalue weighted by Crippen LogP contribution is 2.09. The Hall–Kier alpha value is -1.72. The normalized spacial score (nSPS) is 11.4. The molecule has 11 heteroatoms. The summed E-state index contributed by atoms with van der Waals surface area (Å²) in [7, 11) is -4.02. The maximum atomic E-state index is 11.5. The second-order valence-corrected chi connectivity index (χ2v) is 6.58. The average molecular weight is 337 g/mol. The molecule has 0 radical (unpaired) electrons. The Morgan fingerprint density at radius 2 is 2.14 bits per heavy atom. The highest BCUT2D eigenvalue weighted by atomic mass is 32.2. The Bertz CT molecular complexity index is 610. The lowest BCUT2D eigenvalue weighted by atomic mass is 10.4. The number of ether oxygens (including phenoxy) is 1. The van der Waals surface area contributed by atoms with Gasteiger partial charge in [0.15, 0.2) is 5.69 Å². The summed E-state index contributed by atoms with van der Waals surface area (Å²) >= 11 is 1.11. The summed E-state index contributed by atoms with van der Waals surface area (Å²) in [6.45, 7) is 3.14. The van der Waals surface area contributed by atoms with Gasteiger partial charge in [-0.3, -0.25) is 0 Å². The van der Waals surface area contributed by atoms with Gasteiger partial charge < -0.3 is 9.84 Å². The van der Waals surface area contributed by atoms with Crippen molar-refractivity contribution in [3.63, 3.8) is 0 Å². The van der Waals surface area contributed by atoms with Crippen molar-refractivity contribution in [1.82, 2.24) is 14.4 Å². The van der Waals surface area contributed by atoms with Crippen LogP contribution in [0.2, 0.25) is 0 Å². The zero-order valence-electron chi connectivity index (χ0n) is 11.3. The van der Waals surface area contributed by atoms with E-state index in [0.29, 0.717) is 5.01 Å². The second kappa shape index (κ2) is 7.33. The number of carboxylic acid groups (broad SMARTS) is 1. The first kappa shape index (κ1) is 17.3. The highest BCUT2D eigenvalue weighted by Gasteiger charge is 2.16. The fourth-order valence-electron chi connectivity index (χ4n) is 1.20. The average Bonchev–Trinajstić information content (AvgIpc) is 2.75. The maximum Gasteiger partial charge on any atom is 0.422 e. The Kier molecular flexibility index (Phi) is 6.05. The molecule has 0 spiro atoms. The van der Waals surface area contributed by atoms with Gasteiger partial charge >= 0.3 is 22.3 Å². The van der Waals surface area contributed by atoms with Crippen molar-refractivity contribution < 1.29 is 27.9 Å². The fourth-order valence-corrected chi connectivity index (χ4v) is 2.68. The molecule has 9 nitrogen and oxygen atoms in total. The van der Waals surface area contributed by atoms with Crippen LogP contribution < -0.4 is 9.44 Å². The lowest BCUT2D eigenvalue weighted by Gasteiger charge is -2.10. The number of hydrogen-bond donors (Lipinski definition) is 3. The predicted octanol–water partition coefficient (Wildman–Crippen LogP) is 0.353. The number of thiazole rings is 1. The van der Waals surface area contributed by atoms with Gasteiger partial charge in [0, 0.05) is 18.3 Å². The molecular weight excluding hydrogens is 322 g/mol. The molecule has 1 aromatic rings. The van der Waals surface area contributed by atoms with Crippen molar-refractivity contribution in [2.45, 2.75) is 26.4 Å². The van der Waals surface area contributed by atoms with Gasteiger partial charge in [-0.15, -0.1) is 11.3 Å². The number of carbonyl (C=O) groups excluding carboxylic acids is 1. The topological polar surface area (TPSA) is 135 Å². The van der Waals surface area contributed by atoms with E-state index in [2.05, 4.69) is 14.4 Å². The van der Waals surface area contributed by atoms with E-state index in [1.807, 2.05) is 0 Å². The number of carbonyl (C=O) groups is 2. The summed E-state index contributed by atoms with van der Waals surface area (Å²) in [6.07, 6.45) is -1.30. The van der Waals surface area contributed by atoms with Gasteiger partial charge in [0.1, 0.15) is 0 Å². The number of nitrogens with one attached hydrogen (secondary N) is 2. The smallest absolute Gasteiger partial charge is 0.422 e. The molecule has 0 aliphatic carbocycles. The van der Waals surface area contributed by atoms with Crippen molar-refractivity contribution >= 4 is 33.6 Å². The zero-order chi connectivity index (χ0) is 16.0. The third kappa shape index (κ3) is 6.51. The van der Waals surface area contributed by atoms with Crippen LogP contribution in [0.1, 0.15) is 29.3 Å². The summed E-state index contributed by atoms with van der Waals surface area (Å²) in [5.41, 5.74) is -0.0866. The molecule has 1 amide bonds. The van der Waals surface area contributed by atoms with E-state index in [1.165, 1.54) is 5.38 Å². The van der Waals surface area contributed by atoms with Gasteiger partial charge in [-0.05, 0) is 13.8 Å². The van der Waals surface area contributed by atoms with Gasteiger partial charge in [-0.1, -0.05) is 0 Å². The first-order valence-corrected chi connectivity index (χ1v) is 8.21.